The number of hydrogen-bond acceptors (Lipinski definition) is 7. The number of hydrogen-bond donors (Lipinski definition) is 1. The highest BCUT2D eigenvalue weighted by molar-refractivity contribution is 7.10. The second kappa shape index (κ2) is 10.3. The van der Waals surface area contributed by atoms with Crippen LogP contribution in [0.25, 0.3) is 11.0 Å². The molecular formula is C25H22N6O3S. The lowest BCUT2D eigenvalue weighted by Gasteiger charge is -2.30. The zero-order valence-corrected chi connectivity index (χ0v) is 19.5. The zero-order valence-electron chi connectivity index (χ0n) is 18.7. The molecular weight excluding hydrogens is 464 g/mol. The van der Waals surface area contributed by atoms with Crippen LogP contribution in [0.3, 0.4) is 0 Å². The first kappa shape index (κ1) is 22.5. The van der Waals surface area contributed by atoms with Gasteiger partial charge < -0.3 is 14.6 Å². The molecule has 1 atom stereocenters. The molecule has 4 heterocycles. The van der Waals surface area contributed by atoms with Gasteiger partial charge in [0.2, 0.25) is 11.8 Å². The highest BCUT2D eigenvalue weighted by Crippen LogP contribution is 2.28. The van der Waals surface area contributed by atoms with Crippen LogP contribution >= 0.6 is 11.3 Å². The van der Waals surface area contributed by atoms with Crippen molar-refractivity contribution < 1.29 is 14.0 Å². The average molecular weight is 487 g/mol. The topological polar surface area (TPSA) is 106 Å². The molecule has 1 N–H and O–H groups in total. The lowest BCUT2D eigenvalue weighted by atomic mass is 10.1. The predicted molar refractivity (Wildman–Crippen MR) is 130 cm³/mol. The summed E-state index contributed by atoms with van der Waals surface area (Å²) in [5.41, 5.74) is 2.26. The van der Waals surface area contributed by atoms with Gasteiger partial charge in [0.25, 0.3) is 0 Å². The van der Waals surface area contributed by atoms with Gasteiger partial charge in [-0.2, -0.15) is 0 Å². The zero-order chi connectivity index (χ0) is 24.0. The Bertz CT molecular complexity index is 1400. The van der Waals surface area contributed by atoms with Crippen LogP contribution in [0.4, 0.5) is 0 Å². The Morgan fingerprint density at radius 2 is 2.00 bits per heavy atom. The van der Waals surface area contributed by atoms with Crippen LogP contribution in [0.5, 0.6) is 0 Å². The summed E-state index contributed by atoms with van der Waals surface area (Å²) in [5.74, 6) is 0.0584. The molecule has 35 heavy (non-hydrogen) atoms. The Morgan fingerprint density at radius 3 is 2.77 bits per heavy atom. The van der Waals surface area contributed by atoms with E-state index in [0.717, 1.165) is 16.0 Å². The molecule has 0 aliphatic rings. The Balaban J connectivity index is 1.47. The van der Waals surface area contributed by atoms with E-state index in [1.165, 1.54) is 11.3 Å². The van der Waals surface area contributed by atoms with Gasteiger partial charge in [-0.15, -0.1) is 16.4 Å². The molecule has 2 amide bonds. The third-order valence-corrected chi connectivity index (χ3v) is 6.42. The van der Waals surface area contributed by atoms with Crippen molar-refractivity contribution in [1.82, 2.24) is 30.2 Å². The number of fused-ring (bicyclic) bond motifs is 1. The fourth-order valence-electron chi connectivity index (χ4n) is 3.82. The van der Waals surface area contributed by atoms with E-state index in [2.05, 4.69) is 20.6 Å². The van der Waals surface area contributed by atoms with Crippen LogP contribution in [0.15, 0.2) is 89.1 Å². The lowest BCUT2D eigenvalue weighted by Crippen LogP contribution is -2.44. The number of benzene rings is 1. The smallest absolute Gasteiger partial charge is 0.248 e. The molecule has 5 aromatic rings. The predicted octanol–water partition coefficient (Wildman–Crippen LogP) is 3.57. The van der Waals surface area contributed by atoms with E-state index in [1.807, 2.05) is 47.8 Å². The molecule has 5 rings (SSSR count). The van der Waals surface area contributed by atoms with E-state index < -0.39 is 6.04 Å². The number of amides is 2. The van der Waals surface area contributed by atoms with Crippen LogP contribution in [0, 0.1) is 0 Å². The summed E-state index contributed by atoms with van der Waals surface area (Å²) in [6.07, 6.45) is 4.92. The van der Waals surface area contributed by atoms with Crippen molar-refractivity contribution in [3.8, 4) is 0 Å². The number of carbonyl (C=O) groups excluding carboxylic acids is 2. The molecule has 0 fully saturated rings. The molecule has 9 nitrogen and oxygen atoms in total. The minimum absolute atomic E-state index is 0.0614. The maximum absolute atomic E-state index is 13.8. The molecule has 0 aliphatic carbocycles. The monoisotopic (exact) mass is 486 g/mol. The minimum Gasteiger partial charge on any atom is -0.467 e. The second-order valence-corrected chi connectivity index (χ2v) is 8.81. The van der Waals surface area contributed by atoms with Crippen LogP contribution < -0.4 is 5.32 Å². The van der Waals surface area contributed by atoms with E-state index in [4.69, 9.17) is 4.42 Å². The minimum atomic E-state index is -0.840. The summed E-state index contributed by atoms with van der Waals surface area (Å²) < 4.78 is 6.91. The SMILES string of the molecule is O=C(NCc1ccco1)[C@H](c1cccs1)N(Cc1cccnc1)C(=O)Cn1nnc2ccccc21. The van der Waals surface area contributed by atoms with Gasteiger partial charge in [0, 0.05) is 23.8 Å². The first-order valence-electron chi connectivity index (χ1n) is 11.0. The van der Waals surface area contributed by atoms with Crippen molar-refractivity contribution >= 4 is 34.2 Å². The Morgan fingerprint density at radius 1 is 1.09 bits per heavy atom. The van der Waals surface area contributed by atoms with Crippen molar-refractivity contribution in [2.45, 2.75) is 25.7 Å². The number of furan rings is 1. The molecule has 0 spiro atoms. The number of nitrogens with zero attached hydrogens (tertiary/aromatic N) is 5. The van der Waals surface area contributed by atoms with E-state index in [0.29, 0.717) is 11.3 Å². The summed E-state index contributed by atoms with van der Waals surface area (Å²) in [6.45, 7) is 0.362. The number of carbonyl (C=O) groups is 2. The lowest BCUT2D eigenvalue weighted by molar-refractivity contribution is -0.142. The summed E-state index contributed by atoms with van der Waals surface area (Å²) >= 11 is 1.42. The highest BCUT2D eigenvalue weighted by Gasteiger charge is 2.33. The van der Waals surface area contributed by atoms with Gasteiger partial charge >= 0.3 is 0 Å². The van der Waals surface area contributed by atoms with Crippen molar-refractivity contribution in [2.75, 3.05) is 0 Å². The largest absolute Gasteiger partial charge is 0.467 e. The Kier molecular flexibility index (Phi) is 6.62. The van der Waals surface area contributed by atoms with Gasteiger partial charge in [-0.25, -0.2) is 4.68 Å². The van der Waals surface area contributed by atoms with Gasteiger partial charge in [0.15, 0.2) is 0 Å². The van der Waals surface area contributed by atoms with Gasteiger partial charge in [0.05, 0.1) is 18.3 Å². The fourth-order valence-corrected chi connectivity index (χ4v) is 4.65. The van der Waals surface area contributed by atoms with Gasteiger partial charge in [0.1, 0.15) is 23.9 Å². The Hall–Kier alpha value is -4.31. The maximum atomic E-state index is 13.8. The molecule has 1 aromatic carbocycles. The number of para-hydroxylation sites is 1. The van der Waals surface area contributed by atoms with E-state index in [1.54, 1.807) is 46.4 Å². The second-order valence-electron chi connectivity index (χ2n) is 7.83. The number of pyridine rings is 1. The maximum Gasteiger partial charge on any atom is 0.248 e. The Labute approximate surface area is 205 Å². The van der Waals surface area contributed by atoms with Gasteiger partial charge in [-0.1, -0.05) is 29.5 Å². The molecule has 0 bridgehead atoms. The van der Waals surface area contributed by atoms with Crippen LogP contribution in [0.2, 0.25) is 0 Å². The standard InChI is InChI=1S/C25H22N6O3S/c32-23(17-31-21-9-2-1-8-20(21)28-29-31)30(16-18-6-3-11-26-14-18)24(22-10-5-13-35-22)25(33)27-15-19-7-4-12-34-19/h1-14,24H,15-17H2,(H,27,33)/t24-/m0/s1. The van der Waals surface area contributed by atoms with Crippen LogP contribution in [0.1, 0.15) is 22.2 Å². The third-order valence-electron chi connectivity index (χ3n) is 5.49. The third kappa shape index (κ3) is 5.12. The first-order valence-corrected chi connectivity index (χ1v) is 11.9. The summed E-state index contributed by atoms with van der Waals surface area (Å²) in [7, 11) is 0. The molecule has 4 aromatic heterocycles. The number of nitrogens with one attached hydrogen (secondary N) is 1. The quantitative estimate of drug-likeness (QED) is 0.341. The van der Waals surface area contributed by atoms with Crippen molar-refractivity contribution in [2.24, 2.45) is 0 Å². The van der Waals surface area contributed by atoms with Crippen molar-refractivity contribution in [1.29, 1.82) is 0 Å². The highest BCUT2D eigenvalue weighted by atomic mass is 32.1. The molecule has 0 unspecified atom stereocenters. The summed E-state index contributed by atoms with van der Waals surface area (Å²) in [6, 6.07) is 17.6. The van der Waals surface area contributed by atoms with Crippen LogP contribution in [-0.4, -0.2) is 36.7 Å². The van der Waals surface area contributed by atoms with Crippen LogP contribution in [-0.2, 0) is 29.2 Å². The average Bonchev–Trinajstić information content (AvgIpc) is 3.66. The number of thiophene rings is 1. The number of rotatable bonds is 9. The summed E-state index contributed by atoms with van der Waals surface area (Å²) in [5, 5.41) is 13.1. The van der Waals surface area contributed by atoms with E-state index >= 15 is 0 Å². The fraction of sp³-hybridized carbons (Fsp3) is 0.160. The van der Waals surface area contributed by atoms with Gasteiger partial charge in [-0.05, 0) is 47.3 Å². The van der Waals surface area contributed by atoms with Gasteiger partial charge in [-0.3, -0.25) is 14.6 Å². The first-order chi connectivity index (χ1) is 17.2. The molecule has 0 radical (unpaired) electrons. The molecule has 176 valence electrons. The van der Waals surface area contributed by atoms with E-state index in [-0.39, 0.29) is 31.4 Å². The molecule has 0 aliphatic heterocycles. The van der Waals surface area contributed by atoms with E-state index in [9.17, 15) is 9.59 Å². The molecule has 10 heteroatoms. The molecule has 0 saturated carbocycles. The molecule has 0 saturated heterocycles. The summed E-state index contributed by atoms with van der Waals surface area (Å²) in [4.78, 5) is 33.7. The van der Waals surface area contributed by atoms with Crippen molar-refractivity contribution in [3.63, 3.8) is 0 Å². The van der Waals surface area contributed by atoms with Crippen molar-refractivity contribution in [3.05, 3.63) is 101 Å². The normalized spacial score (nSPS) is 11.9. The number of aromatic nitrogens is 4.